The van der Waals surface area contributed by atoms with E-state index in [1.165, 1.54) is 39.9 Å². The second-order valence-corrected chi connectivity index (χ2v) is 6.81. The summed E-state index contributed by atoms with van der Waals surface area (Å²) >= 11 is 2.77. The monoisotopic (exact) mass is 351 g/mol. The van der Waals surface area contributed by atoms with Crippen molar-refractivity contribution in [3.05, 3.63) is 40.8 Å². The molecule has 0 aliphatic heterocycles. The summed E-state index contributed by atoms with van der Waals surface area (Å²) < 4.78 is 2.06. The van der Waals surface area contributed by atoms with Gasteiger partial charge in [0.15, 0.2) is 4.34 Å². The molecule has 0 saturated heterocycles. The van der Waals surface area contributed by atoms with Crippen molar-refractivity contribution in [3.63, 3.8) is 0 Å². The quantitative estimate of drug-likeness (QED) is 0.446. The smallest absolute Gasteiger partial charge is 0.277 e. The molecule has 2 heterocycles. The Kier molecular flexibility index (Phi) is 6.48. The number of unbranched alkanes of at least 4 members (excludes halogenated alkanes) is 1. The molecule has 23 heavy (non-hydrogen) atoms. The Morgan fingerprint density at radius 1 is 1.48 bits per heavy atom. The van der Waals surface area contributed by atoms with E-state index >= 15 is 0 Å². The highest BCUT2D eigenvalue weighted by Crippen LogP contribution is 2.25. The maximum Gasteiger partial charge on any atom is 0.277 e. The van der Waals surface area contributed by atoms with Gasteiger partial charge in [0, 0.05) is 18.4 Å². The van der Waals surface area contributed by atoms with Gasteiger partial charge in [0.2, 0.25) is 5.13 Å². The molecule has 2 aromatic heterocycles. The molecule has 0 radical (unpaired) electrons. The van der Waals surface area contributed by atoms with Crippen molar-refractivity contribution < 1.29 is 4.79 Å². The van der Waals surface area contributed by atoms with Crippen LogP contribution in [0.1, 0.15) is 30.3 Å². The highest BCUT2D eigenvalue weighted by molar-refractivity contribution is 8.01. The summed E-state index contributed by atoms with van der Waals surface area (Å²) in [5, 5.41) is 15.0. The summed E-state index contributed by atoms with van der Waals surface area (Å²) in [5.41, 5.74) is -0.0368. The number of carbonyl (C=O) groups is 1. The lowest BCUT2D eigenvalue weighted by Gasteiger charge is -2.05. The van der Waals surface area contributed by atoms with Crippen LogP contribution < -0.4 is 10.9 Å². The van der Waals surface area contributed by atoms with Gasteiger partial charge in [-0.3, -0.25) is 14.9 Å². The Balaban J connectivity index is 2.06. The zero-order chi connectivity index (χ0) is 16.7. The van der Waals surface area contributed by atoms with Gasteiger partial charge in [0.1, 0.15) is 5.69 Å². The van der Waals surface area contributed by atoms with Crippen molar-refractivity contribution in [2.45, 2.75) is 30.6 Å². The van der Waals surface area contributed by atoms with Gasteiger partial charge in [-0.15, -0.1) is 16.8 Å². The van der Waals surface area contributed by atoms with Crippen LogP contribution in [0.25, 0.3) is 0 Å². The van der Waals surface area contributed by atoms with E-state index in [1.807, 2.05) is 6.92 Å². The number of thioether (sulfide) groups is 1. The van der Waals surface area contributed by atoms with Crippen molar-refractivity contribution in [1.82, 2.24) is 20.0 Å². The van der Waals surface area contributed by atoms with E-state index in [4.69, 9.17) is 0 Å². The first-order valence-corrected chi connectivity index (χ1v) is 8.91. The number of aromatic nitrogens is 4. The van der Waals surface area contributed by atoms with Gasteiger partial charge < -0.3 is 0 Å². The predicted molar refractivity (Wildman–Crippen MR) is 92.2 cm³/mol. The Labute approximate surface area is 141 Å². The fourth-order valence-electron chi connectivity index (χ4n) is 1.65. The molecule has 0 bridgehead atoms. The molecule has 2 aromatic rings. The summed E-state index contributed by atoms with van der Waals surface area (Å²) in [6.45, 7) is 6.16. The number of hydrogen-bond acceptors (Lipinski definition) is 7. The first-order valence-electron chi connectivity index (χ1n) is 7.10. The van der Waals surface area contributed by atoms with Crippen LogP contribution in [-0.2, 0) is 6.54 Å². The van der Waals surface area contributed by atoms with Gasteiger partial charge >= 0.3 is 0 Å². The fraction of sp³-hybridized carbons (Fsp3) is 0.357. The molecule has 0 aliphatic rings. The maximum absolute atomic E-state index is 12.2. The minimum Gasteiger partial charge on any atom is -0.295 e. The zero-order valence-corrected chi connectivity index (χ0v) is 14.3. The molecule has 2 rings (SSSR count). The lowest BCUT2D eigenvalue weighted by Crippen LogP contribution is -2.26. The molecule has 7 nitrogen and oxygen atoms in total. The van der Waals surface area contributed by atoms with Crippen LogP contribution in [0.15, 0.2) is 33.9 Å². The lowest BCUT2D eigenvalue weighted by atomic mass is 10.3. The summed E-state index contributed by atoms with van der Waals surface area (Å²) in [6.07, 6.45) is 3.55. The second-order valence-electron chi connectivity index (χ2n) is 4.56. The molecule has 9 heteroatoms. The van der Waals surface area contributed by atoms with Crippen LogP contribution in [0.2, 0.25) is 0 Å². The minimum absolute atomic E-state index is 0.177. The van der Waals surface area contributed by atoms with Gasteiger partial charge in [-0.05, 0) is 12.5 Å². The summed E-state index contributed by atoms with van der Waals surface area (Å²) in [6, 6.07) is 2.76. The minimum atomic E-state index is -0.410. The number of nitrogens with zero attached hydrogens (tertiary/aromatic N) is 4. The van der Waals surface area contributed by atoms with Crippen molar-refractivity contribution in [2.75, 3.05) is 11.1 Å². The average Bonchev–Trinajstić information content (AvgIpc) is 2.99. The van der Waals surface area contributed by atoms with Crippen molar-refractivity contribution in [1.29, 1.82) is 0 Å². The van der Waals surface area contributed by atoms with E-state index in [2.05, 4.69) is 27.2 Å². The molecule has 0 aliphatic carbocycles. The zero-order valence-electron chi connectivity index (χ0n) is 12.7. The number of rotatable bonds is 8. The Morgan fingerprint density at radius 2 is 2.30 bits per heavy atom. The number of nitrogens with one attached hydrogen (secondary N) is 1. The lowest BCUT2D eigenvalue weighted by molar-refractivity contribution is 0.101. The number of carbonyl (C=O) groups excluding carboxylic acids is 1. The maximum atomic E-state index is 12.2. The van der Waals surface area contributed by atoms with E-state index in [-0.39, 0.29) is 11.3 Å². The van der Waals surface area contributed by atoms with Crippen LogP contribution in [0.5, 0.6) is 0 Å². The van der Waals surface area contributed by atoms with Crippen molar-refractivity contribution >= 4 is 34.1 Å². The third-order valence-electron chi connectivity index (χ3n) is 2.77. The molecular formula is C14H17N5O2S2. The number of aryl methyl sites for hydroxylation is 1. The molecular weight excluding hydrogens is 334 g/mol. The van der Waals surface area contributed by atoms with Gasteiger partial charge in [-0.25, -0.2) is 4.68 Å². The normalized spacial score (nSPS) is 10.5. The van der Waals surface area contributed by atoms with Crippen molar-refractivity contribution in [2.24, 2.45) is 0 Å². The van der Waals surface area contributed by atoms with Crippen molar-refractivity contribution in [3.8, 4) is 0 Å². The molecule has 0 unspecified atom stereocenters. The molecule has 122 valence electrons. The topological polar surface area (TPSA) is 89.8 Å². The number of anilines is 1. The second kappa shape index (κ2) is 8.59. The molecule has 1 amide bonds. The molecule has 0 aromatic carbocycles. The SMILES string of the molecule is C=CCSc1nnc(NC(=O)c2ccc(=O)n(CCCC)n2)s1. The highest BCUT2D eigenvalue weighted by atomic mass is 32.2. The standard InChI is InChI=1S/C14H17N5O2S2/c1-3-5-8-19-11(20)7-6-10(18-19)12(21)15-13-16-17-14(23-13)22-9-4-2/h4,6-7H,2-3,5,8-9H2,1H3,(H,15,16,21). The number of amides is 1. The van der Waals surface area contributed by atoms with Crippen LogP contribution in [0, 0.1) is 0 Å². The summed E-state index contributed by atoms with van der Waals surface area (Å²) in [5.74, 6) is 0.318. The van der Waals surface area contributed by atoms with Gasteiger partial charge in [-0.2, -0.15) is 5.10 Å². The van der Waals surface area contributed by atoms with Crippen LogP contribution in [0.3, 0.4) is 0 Å². The van der Waals surface area contributed by atoms with E-state index < -0.39 is 5.91 Å². The highest BCUT2D eigenvalue weighted by Gasteiger charge is 2.13. The third kappa shape index (κ3) is 5.00. The van der Waals surface area contributed by atoms with E-state index in [1.54, 1.807) is 6.08 Å². The van der Waals surface area contributed by atoms with Gasteiger partial charge in [0.25, 0.3) is 11.5 Å². The first kappa shape index (κ1) is 17.4. The number of hydrogen-bond donors (Lipinski definition) is 1. The molecule has 0 fully saturated rings. The predicted octanol–water partition coefficient (Wildman–Crippen LogP) is 2.43. The van der Waals surface area contributed by atoms with E-state index in [0.717, 1.165) is 22.9 Å². The Bertz CT molecular complexity index is 741. The first-order chi connectivity index (χ1) is 11.1. The van der Waals surface area contributed by atoms with E-state index in [0.29, 0.717) is 11.7 Å². The molecule has 0 spiro atoms. The van der Waals surface area contributed by atoms with Crippen LogP contribution in [0.4, 0.5) is 5.13 Å². The Hall–Kier alpha value is -2.00. The third-order valence-corrected chi connectivity index (χ3v) is 4.74. The van der Waals surface area contributed by atoms with E-state index in [9.17, 15) is 9.59 Å². The Morgan fingerprint density at radius 3 is 3.04 bits per heavy atom. The van der Waals surface area contributed by atoms with Gasteiger partial charge in [-0.1, -0.05) is 42.5 Å². The summed E-state index contributed by atoms with van der Waals surface area (Å²) in [7, 11) is 0. The van der Waals surface area contributed by atoms with Crippen LogP contribution >= 0.6 is 23.1 Å². The van der Waals surface area contributed by atoms with Gasteiger partial charge in [0.05, 0.1) is 0 Å². The molecule has 0 atom stereocenters. The molecule has 1 N–H and O–H groups in total. The largest absolute Gasteiger partial charge is 0.295 e. The molecule has 0 saturated carbocycles. The average molecular weight is 351 g/mol. The van der Waals surface area contributed by atoms with Crippen LogP contribution in [-0.4, -0.2) is 31.6 Å². The summed E-state index contributed by atoms with van der Waals surface area (Å²) in [4.78, 5) is 23.9. The fourth-order valence-corrected chi connectivity index (χ4v) is 3.16.